The lowest BCUT2D eigenvalue weighted by atomic mass is 9.94. The maximum Gasteiger partial charge on any atom is 0.419 e. The van der Waals surface area contributed by atoms with Crippen molar-refractivity contribution in [1.29, 1.82) is 0 Å². The number of halogens is 1. The number of fused-ring (bicyclic) bond motifs is 1. The summed E-state index contributed by atoms with van der Waals surface area (Å²) >= 11 is 6.49. The Morgan fingerprint density at radius 3 is 1.76 bits per heavy atom. The van der Waals surface area contributed by atoms with Crippen molar-refractivity contribution >= 4 is 41.5 Å². The number of nitrogens with zero attached hydrogens (tertiary/aromatic N) is 1. The van der Waals surface area contributed by atoms with Gasteiger partial charge in [-0.15, -0.1) is 11.6 Å². The molecule has 0 aliphatic carbocycles. The Balaban J connectivity index is 1.53. The van der Waals surface area contributed by atoms with Crippen LogP contribution >= 0.6 is 11.6 Å². The Morgan fingerprint density at radius 1 is 0.783 bits per heavy atom. The van der Waals surface area contributed by atoms with Crippen molar-refractivity contribution in [3.05, 3.63) is 108 Å². The van der Waals surface area contributed by atoms with E-state index in [9.17, 15) is 24.0 Å². The number of rotatable bonds is 10. The lowest BCUT2D eigenvalue weighted by Crippen LogP contribution is -2.65. The Bertz CT molecular complexity index is 1550. The molecule has 2 amide bonds. The van der Waals surface area contributed by atoms with Gasteiger partial charge >= 0.3 is 24.0 Å². The summed E-state index contributed by atoms with van der Waals surface area (Å²) in [7, 11) is 0. The van der Waals surface area contributed by atoms with Crippen LogP contribution < -0.4 is 0 Å². The van der Waals surface area contributed by atoms with Gasteiger partial charge in [0.25, 0.3) is 5.91 Å². The average molecular weight is 650 g/mol. The van der Waals surface area contributed by atoms with Crippen LogP contribution in [0.1, 0.15) is 51.3 Å². The van der Waals surface area contributed by atoms with Gasteiger partial charge in [0.05, 0.1) is 16.7 Å². The molecular formula is C34H32ClNO10. The number of benzene rings is 3. The third kappa shape index (κ3) is 7.05. The standard InChI is InChI=1S/C34H32ClNO10/c1-3-20(2)25(35)29(37)36-26-28(45-32(40)23-17-11-6-12-18-23)27(44-31(39)22-15-9-5-10-16-22)24(43-33(26)46-34(36)41)19-42-30(38)21-13-7-4-8-14-21/h4-18,20,24-28,33H,3,19H2,1-2H3/t20-,24-,25-,26-,27-,28-,33-/m1/s1. The van der Waals surface area contributed by atoms with E-state index in [-0.39, 0.29) is 22.6 Å². The number of carbonyl (C=O) groups excluding carboxylic acids is 5. The molecule has 7 atom stereocenters. The SMILES string of the molecule is CC[C@@H](C)[C@@H](Cl)C(=O)N1C(=O)O[C@H]2O[C@H](COC(=O)c3ccccc3)[C@@H](OC(=O)c3ccccc3)[C@H](OC(=O)c3ccccc3)[C@H]21. The first-order valence-electron chi connectivity index (χ1n) is 14.8. The zero-order chi connectivity index (χ0) is 32.8. The van der Waals surface area contributed by atoms with Crippen molar-refractivity contribution in [2.45, 2.75) is 56.3 Å². The van der Waals surface area contributed by atoms with Gasteiger partial charge < -0.3 is 23.7 Å². The highest BCUT2D eigenvalue weighted by atomic mass is 35.5. The van der Waals surface area contributed by atoms with E-state index in [2.05, 4.69) is 0 Å². The Morgan fingerprint density at radius 2 is 1.26 bits per heavy atom. The highest BCUT2D eigenvalue weighted by Gasteiger charge is 2.61. The molecule has 2 saturated heterocycles. The van der Waals surface area contributed by atoms with Crippen molar-refractivity contribution in [2.75, 3.05) is 6.61 Å². The van der Waals surface area contributed by atoms with Gasteiger partial charge in [0, 0.05) is 0 Å². The minimum absolute atomic E-state index is 0.156. The molecule has 0 aromatic heterocycles. The third-order valence-electron chi connectivity index (χ3n) is 7.84. The molecule has 0 unspecified atom stereocenters. The van der Waals surface area contributed by atoms with Gasteiger partial charge in [0.15, 0.2) is 12.2 Å². The Kier molecular flexibility index (Phi) is 10.3. The summed E-state index contributed by atoms with van der Waals surface area (Å²) in [5.74, 6) is -3.46. The molecule has 0 saturated carbocycles. The van der Waals surface area contributed by atoms with Crippen molar-refractivity contribution in [3.8, 4) is 0 Å². The predicted molar refractivity (Wildman–Crippen MR) is 163 cm³/mol. The number of hydrogen-bond donors (Lipinski definition) is 0. The maximum absolute atomic E-state index is 13.6. The number of carbonyl (C=O) groups is 5. The van der Waals surface area contributed by atoms with Gasteiger partial charge in [-0.2, -0.15) is 0 Å². The molecule has 12 heteroatoms. The Labute approximate surface area is 270 Å². The zero-order valence-corrected chi connectivity index (χ0v) is 25.8. The molecule has 2 fully saturated rings. The fourth-order valence-corrected chi connectivity index (χ4v) is 5.40. The van der Waals surface area contributed by atoms with Crippen LogP contribution in [0, 0.1) is 5.92 Å². The smallest absolute Gasteiger partial charge is 0.419 e. The van der Waals surface area contributed by atoms with Crippen LogP contribution in [0.15, 0.2) is 91.0 Å². The fraction of sp³-hybridized carbons (Fsp3) is 0.324. The Hall–Kier alpha value is -4.74. The van der Waals surface area contributed by atoms with Crippen LogP contribution in [0.4, 0.5) is 4.79 Å². The van der Waals surface area contributed by atoms with E-state index in [0.717, 1.165) is 4.90 Å². The summed E-state index contributed by atoms with van der Waals surface area (Å²) in [6.07, 6.45) is -6.31. The summed E-state index contributed by atoms with van der Waals surface area (Å²) in [5.41, 5.74) is 0.578. The molecule has 2 heterocycles. The van der Waals surface area contributed by atoms with E-state index in [1.807, 2.05) is 6.92 Å². The molecule has 11 nitrogen and oxygen atoms in total. The number of imide groups is 1. The largest absolute Gasteiger partial charge is 0.459 e. The van der Waals surface area contributed by atoms with Gasteiger partial charge in [-0.1, -0.05) is 74.9 Å². The highest BCUT2D eigenvalue weighted by Crippen LogP contribution is 2.37. The quantitative estimate of drug-likeness (QED) is 0.167. The highest BCUT2D eigenvalue weighted by molar-refractivity contribution is 6.32. The van der Waals surface area contributed by atoms with Gasteiger partial charge in [0.1, 0.15) is 24.1 Å². The minimum atomic E-state index is -1.52. The van der Waals surface area contributed by atoms with Crippen LogP contribution in [0.5, 0.6) is 0 Å². The molecule has 3 aromatic rings. The van der Waals surface area contributed by atoms with Crippen molar-refractivity contribution in [3.63, 3.8) is 0 Å². The first-order valence-corrected chi connectivity index (χ1v) is 15.2. The van der Waals surface area contributed by atoms with E-state index in [1.165, 1.54) is 24.3 Å². The van der Waals surface area contributed by atoms with Crippen LogP contribution in [-0.4, -0.2) is 77.4 Å². The van der Waals surface area contributed by atoms with Gasteiger partial charge in [-0.25, -0.2) is 24.1 Å². The summed E-state index contributed by atoms with van der Waals surface area (Å²) in [4.78, 5) is 67.3. The average Bonchev–Trinajstić information content (AvgIpc) is 3.43. The predicted octanol–water partition coefficient (Wildman–Crippen LogP) is 5.02. The van der Waals surface area contributed by atoms with Gasteiger partial charge in [-0.05, 0) is 42.3 Å². The monoisotopic (exact) mass is 649 g/mol. The van der Waals surface area contributed by atoms with E-state index >= 15 is 0 Å². The summed E-state index contributed by atoms with van der Waals surface area (Å²) in [6.45, 7) is 3.10. The van der Waals surface area contributed by atoms with Crippen LogP contribution in [0.25, 0.3) is 0 Å². The molecule has 0 bridgehead atoms. The number of ether oxygens (including phenoxy) is 5. The number of amides is 2. The van der Waals surface area contributed by atoms with E-state index in [0.29, 0.717) is 6.42 Å². The lowest BCUT2D eigenvalue weighted by Gasteiger charge is -2.43. The van der Waals surface area contributed by atoms with Crippen molar-refractivity contribution < 1.29 is 47.7 Å². The lowest BCUT2D eigenvalue weighted by molar-refractivity contribution is -0.240. The number of alkyl halides is 1. The molecule has 3 aromatic carbocycles. The first kappa shape index (κ1) is 32.6. The first-order chi connectivity index (χ1) is 22.2. The normalized spacial score (nSPS) is 23.3. The van der Waals surface area contributed by atoms with E-state index in [1.54, 1.807) is 73.7 Å². The van der Waals surface area contributed by atoms with E-state index < -0.39 is 72.5 Å². The van der Waals surface area contributed by atoms with Crippen LogP contribution in [-0.2, 0) is 28.5 Å². The molecule has 0 spiro atoms. The molecule has 0 N–H and O–H groups in total. The van der Waals surface area contributed by atoms with Crippen molar-refractivity contribution in [2.24, 2.45) is 5.92 Å². The van der Waals surface area contributed by atoms with E-state index in [4.69, 9.17) is 35.3 Å². The van der Waals surface area contributed by atoms with Crippen LogP contribution in [0.3, 0.4) is 0 Å². The third-order valence-corrected chi connectivity index (χ3v) is 8.45. The van der Waals surface area contributed by atoms with Crippen molar-refractivity contribution in [1.82, 2.24) is 4.90 Å². The molecule has 2 aliphatic heterocycles. The van der Waals surface area contributed by atoms with Crippen LogP contribution in [0.2, 0.25) is 0 Å². The molecule has 2 aliphatic rings. The fourth-order valence-electron chi connectivity index (χ4n) is 5.12. The molecular weight excluding hydrogens is 618 g/mol. The number of hydrogen-bond acceptors (Lipinski definition) is 10. The summed E-state index contributed by atoms with van der Waals surface area (Å²) in [5, 5.41) is -1.13. The summed E-state index contributed by atoms with van der Waals surface area (Å²) in [6, 6.07) is 22.8. The second-order valence-corrected chi connectivity index (χ2v) is 11.3. The molecule has 46 heavy (non-hydrogen) atoms. The molecule has 0 radical (unpaired) electrons. The summed E-state index contributed by atoms with van der Waals surface area (Å²) < 4.78 is 28.9. The zero-order valence-electron chi connectivity index (χ0n) is 25.0. The topological polar surface area (TPSA) is 135 Å². The number of esters is 3. The molecule has 240 valence electrons. The van der Waals surface area contributed by atoms with Gasteiger partial charge in [-0.3, -0.25) is 4.79 Å². The second kappa shape index (κ2) is 14.6. The minimum Gasteiger partial charge on any atom is -0.459 e. The molecule has 5 rings (SSSR count). The maximum atomic E-state index is 13.6. The second-order valence-electron chi connectivity index (χ2n) is 10.8. The van der Waals surface area contributed by atoms with Gasteiger partial charge in [0.2, 0.25) is 6.29 Å².